The smallest absolute Gasteiger partial charge is 0.271 e. The summed E-state index contributed by atoms with van der Waals surface area (Å²) in [5.74, 6) is 0.854. The van der Waals surface area contributed by atoms with Crippen molar-refractivity contribution in [1.82, 2.24) is 0 Å². The lowest BCUT2D eigenvalue weighted by Crippen LogP contribution is -2.28. The normalized spacial score (nSPS) is 15.9. The lowest BCUT2D eigenvalue weighted by Gasteiger charge is -2.15. The maximum absolute atomic E-state index is 13.3. The first-order valence-electron chi connectivity index (χ1n) is 10.4. The van der Waals surface area contributed by atoms with Gasteiger partial charge in [-0.2, -0.15) is 0 Å². The van der Waals surface area contributed by atoms with Crippen molar-refractivity contribution in [2.45, 2.75) is 0 Å². The number of hydrogen-bond acceptors (Lipinski definition) is 6. The summed E-state index contributed by atoms with van der Waals surface area (Å²) in [6.45, 7) is 0. The molecule has 1 aliphatic heterocycles. The van der Waals surface area contributed by atoms with E-state index in [1.807, 2.05) is 60.7 Å². The average Bonchev–Trinajstić information content (AvgIpc) is 3.45. The Morgan fingerprint density at radius 3 is 2.24 bits per heavy atom. The summed E-state index contributed by atoms with van der Waals surface area (Å²) in [6.07, 6.45) is 1.69. The molecule has 166 valence electrons. The molecule has 0 bridgehead atoms. The number of nitro benzene ring substituents is 1. The van der Waals surface area contributed by atoms with Crippen LogP contribution < -0.4 is 4.90 Å². The molecule has 34 heavy (non-hydrogen) atoms. The fraction of sp³-hybridized carbons (Fsp3) is 0. The number of carbonyl (C=O) groups excluding carboxylic acids is 1. The Morgan fingerprint density at radius 1 is 0.882 bits per heavy atom. The number of non-ortho nitro benzene ring substituents is 1. The van der Waals surface area contributed by atoms with E-state index in [4.69, 9.17) is 9.41 Å². The van der Waals surface area contributed by atoms with E-state index < -0.39 is 4.92 Å². The number of para-hydroxylation sites is 2. The minimum absolute atomic E-state index is 0.0110. The molecule has 7 nitrogen and oxygen atoms in total. The van der Waals surface area contributed by atoms with Crippen molar-refractivity contribution < 1.29 is 14.1 Å². The summed E-state index contributed by atoms with van der Waals surface area (Å²) in [5, 5.41) is 11.4. The van der Waals surface area contributed by atoms with Gasteiger partial charge in [0.15, 0.2) is 5.17 Å². The minimum atomic E-state index is -0.447. The van der Waals surface area contributed by atoms with Gasteiger partial charge >= 0.3 is 0 Å². The number of carbonyl (C=O) groups is 1. The molecule has 8 heteroatoms. The Morgan fingerprint density at radius 2 is 1.56 bits per heavy atom. The first-order chi connectivity index (χ1) is 16.6. The number of amides is 1. The highest BCUT2D eigenvalue weighted by Crippen LogP contribution is 2.37. The van der Waals surface area contributed by atoms with Crippen molar-refractivity contribution in [3.05, 3.63) is 118 Å². The van der Waals surface area contributed by atoms with Crippen LogP contribution in [-0.4, -0.2) is 16.0 Å². The zero-order valence-corrected chi connectivity index (χ0v) is 18.5. The third-order valence-electron chi connectivity index (χ3n) is 5.06. The largest absolute Gasteiger partial charge is 0.457 e. The molecule has 0 spiro atoms. The molecule has 3 aromatic carbocycles. The maximum Gasteiger partial charge on any atom is 0.271 e. The molecule has 1 aromatic heterocycles. The second kappa shape index (κ2) is 9.21. The molecule has 0 unspecified atom stereocenters. The number of rotatable bonds is 5. The van der Waals surface area contributed by atoms with Gasteiger partial charge in [-0.1, -0.05) is 36.4 Å². The Hall–Kier alpha value is -4.43. The Bertz CT molecular complexity index is 1410. The van der Waals surface area contributed by atoms with E-state index in [0.717, 1.165) is 11.4 Å². The minimum Gasteiger partial charge on any atom is -0.457 e. The van der Waals surface area contributed by atoms with Crippen LogP contribution in [0, 0.1) is 10.1 Å². The maximum atomic E-state index is 13.3. The van der Waals surface area contributed by atoms with Crippen LogP contribution in [0.4, 0.5) is 17.1 Å². The van der Waals surface area contributed by atoms with Gasteiger partial charge in [0.2, 0.25) is 0 Å². The van der Waals surface area contributed by atoms with Gasteiger partial charge in [-0.15, -0.1) is 0 Å². The van der Waals surface area contributed by atoms with E-state index in [0.29, 0.717) is 27.2 Å². The summed E-state index contributed by atoms with van der Waals surface area (Å²) < 4.78 is 5.90. The van der Waals surface area contributed by atoms with Gasteiger partial charge in [0.25, 0.3) is 11.6 Å². The molecule has 1 fully saturated rings. The monoisotopic (exact) mass is 467 g/mol. The molecule has 1 saturated heterocycles. The molecule has 4 aromatic rings. The van der Waals surface area contributed by atoms with Crippen molar-refractivity contribution >= 4 is 46.0 Å². The summed E-state index contributed by atoms with van der Waals surface area (Å²) in [6, 6.07) is 28.5. The van der Waals surface area contributed by atoms with Crippen LogP contribution in [0.5, 0.6) is 0 Å². The van der Waals surface area contributed by atoms with Gasteiger partial charge in [-0.25, -0.2) is 4.99 Å². The van der Waals surface area contributed by atoms with Crippen LogP contribution in [0.25, 0.3) is 17.4 Å². The van der Waals surface area contributed by atoms with Gasteiger partial charge in [0, 0.05) is 23.8 Å². The molecule has 0 aliphatic carbocycles. The summed E-state index contributed by atoms with van der Waals surface area (Å²) >= 11 is 1.27. The first kappa shape index (κ1) is 21.4. The highest BCUT2D eigenvalue weighted by molar-refractivity contribution is 8.19. The number of anilines is 1. The van der Waals surface area contributed by atoms with Crippen LogP contribution in [0.3, 0.4) is 0 Å². The fourth-order valence-corrected chi connectivity index (χ4v) is 4.41. The number of nitrogens with zero attached hydrogens (tertiary/aromatic N) is 3. The molecular formula is C26H17N3O4S. The van der Waals surface area contributed by atoms with Gasteiger partial charge in [0.1, 0.15) is 11.5 Å². The van der Waals surface area contributed by atoms with E-state index in [9.17, 15) is 14.9 Å². The first-order valence-corrected chi connectivity index (χ1v) is 11.2. The summed E-state index contributed by atoms with van der Waals surface area (Å²) in [5.41, 5.74) is 2.19. The highest BCUT2D eigenvalue weighted by atomic mass is 32.2. The van der Waals surface area contributed by atoms with Gasteiger partial charge in [0.05, 0.1) is 21.2 Å². The summed E-state index contributed by atoms with van der Waals surface area (Å²) in [4.78, 5) is 30.5. The highest BCUT2D eigenvalue weighted by Gasteiger charge is 2.35. The van der Waals surface area contributed by atoms with Crippen molar-refractivity contribution in [3.63, 3.8) is 0 Å². The number of nitro groups is 1. The predicted octanol–water partition coefficient (Wildman–Crippen LogP) is 6.66. The van der Waals surface area contributed by atoms with E-state index >= 15 is 0 Å². The number of furan rings is 1. The molecule has 1 aliphatic rings. The van der Waals surface area contributed by atoms with Gasteiger partial charge < -0.3 is 4.42 Å². The average molecular weight is 468 g/mol. The Balaban J connectivity index is 1.47. The molecule has 2 heterocycles. The second-order valence-corrected chi connectivity index (χ2v) is 8.33. The van der Waals surface area contributed by atoms with Gasteiger partial charge in [-0.3, -0.25) is 19.8 Å². The number of amidine groups is 1. The van der Waals surface area contributed by atoms with Crippen LogP contribution in [-0.2, 0) is 4.79 Å². The summed E-state index contributed by atoms with van der Waals surface area (Å²) in [7, 11) is 0. The Kier molecular flexibility index (Phi) is 5.80. The molecular weight excluding hydrogens is 450 g/mol. The number of hydrogen-bond donors (Lipinski definition) is 0. The predicted molar refractivity (Wildman–Crippen MR) is 134 cm³/mol. The zero-order chi connectivity index (χ0) is 23.5. The topological polar surface area (TPSA) is 88.9 Å². The van der Waals surface area contributed by atoms with E-state index in [1.54, 1.807) is 35.2 Å². The number of aliphatic imine (C=N–C) groups is 1. The molecule has 0 atom stereocenters. The molecule has 5 rings (SSSR count). The fourth-order valence-electron chi connectivity index (χ4n) is 3.43. The SMILES string of the molecule is O=C1/C(=C/c2ccc(-c3ccc([N+](=O)[O-])cc3)o2)SC(=Nc2ccccc2)N1c1ccccc1. The molecule has 0 radical (unpaired) electrons. The second-order valence-electron chi connectivity index (χ2n) is 7.32. The van der Waals surface area contributed by atoms with Crippen LogP contribution in [0.15, 0.2) is 111 Å². The van der Waals surface area contributed by atoms with Crippen molar-refractivity contribution in [2.24, 2.45) is 4.99 Å². The molecule has 1 amide bonds. The van der Waals surface area contributed by atoms with Crippen LogP contribution in [0.1, 0.15) is 5.76 Å². The van der Waals surface area contributed by atoms with E-state index in [-0.39, 0.29) is 11.6 Å². The number of thioether (sulfide) groups is 1. The van der Waals surface area contributed by atoms with Crippen molar-refractivity contribution in [3.8, 4) is 11.3 Å². The molecule has 0 saturated carbocycles. The van der Waals surface area contributed by atoms with E-state index in [2.05, 4.69) is 0 Å². The van der Waals surface area contributed by atoms with E-state index in [1.165, 1.54) is 23.9 Å². The van der Waals surface area contributed by atoms with Crippen LogP contribution >= 0.6 is 11.8 Å². The lowest BCUT2D eigenvalue weighted by molar-refractivity contribution is -0.384. The third-order valence-corrected chi connectivity index (χ3v) is 6.03. The molecule has 0 N–H and O–H groups in total. The lowest BCUT2D eigenvalue weighted by atomic mass is 10.1. The van der Waals surface area contributed by atoms with Crippen molar-refractivity contribution in [2.75, 3.05) is 4.90 Å². The van der Waals surface area contributed by atoms with Crippen molar-refractivity contribution in [1.29, 1.82) is 0 Å². The zero-order valence-electron chi connectivity index (χ0n) is 17.7. The van der Waals surface area contributed by atoms with Gasteiger partial charge in [-0.05, 0) is 60.3 Å². The third kappa shape index (κ3) is 4.39. The number of benzene rings is 3. The Labute approximate surface area is 199 Å². The standard InChI is InChI=1S/C26H17N3O4S/c30-25-24(17-22-15-16-23(33-22)18-11-13-21(14-12-18)29(31)32)34-26(27-19-7-3-1-4-8-19)28(25)20-9-5-2-6-10-20/h1-17H/b24-17-,27-26?. The quantitative estimate of drug-likeness (QED) is 0.186. The van der Waals surface area contributed by atoms with Crippen LogP contribution in [0.2, 0.25) is 0 Å².